The van der Waals surface area contributed by atoms with Crippen LogP contribution in [0.2, 0.25) is 5.02 Å². The smallest absolute Gasteiger partial charge is 0.262 e. The minimum absolute atomic E-state index is 0.102. The first-order valence-corrected chi connectivity index (χ1v) is 11.5. The van der Waals surface area contributed by atoms with Gasteiger partial charge in [0, 0.05) is 29.6 Å². The summed E-state index contributed by atoms with van der Waals surface area (Å²) in [6.45, 7) is 0.886. The van der Waals surface area contributed by atoms with Crippen LogP contribution in [0.25, 0.3) is 0 Å². The molecule has 0 unspecified atom stereocenters. The molecule has 0 fully saturated rings. The van der Waals surface area contributed by atoms with Crippen LogP contribution in [0.1, 0.15) is 22.6 Å². The van der Waals surface area contributed by atoms with Crippen molar-refractivity contribution >= 4 is 35.1 Å². The minimum Gasteiger partial charge on any atom is -0.493 e. The van der Waals surface area contributed by atoms with Gasteiger partial charge in [0.25, 0.3) is 11.1 Å². The largest absolute Gasteiger partial charge is 0.493 e. The monoisotopic (exact) mass is 462 g/mol. The van der Waals surface area contributed by atoms with E-state index in [-0.39, 0.29) is 11.1 Å². The topological polar surface area (TPSA) is 110 Å². The summed E-state index contributed by atoms with van der Waals surface area (Å²) in [5, 5.41) is 22.6. The summed E-state index contributed by atoms with van der Waals surface area (Å²) >= 11 is 9.17. The SMILES string of the molecule is O=c1c(C(c2ccccc2Cl)c2c(O)nc3n(c2=O)CCS3)c(O)nc2n1CCS2. The molecule has 0 amide bonds. The number of hydrogen-bond donors (Lipinski definition) is 2. The molecule has 154 valence electrons. The lowest BCUT2D eigenvalue weighted by Crippen LogP contribution is -2.32. The fourth-order valence-electron chi connectivity index (χ4n) is 3.82. The van der Waals surface area contributed by atoms with E-state index in [1.165, 1.54) is 32.7 Å². The van der Waals surface area contributed by atoms with E-state index in [0.717, 1.165) is 0 Å². The molecule has 1 aromatic carbocycles. The molecule has 0 aliphatic carbocycles. The number of benzene rings is 1. The van der Waals surface area contributed by atoms with Crippen LogP contribution in [0.15, 0.2) is 44.2 Å². The summed E-state index contributed by atoms with van der Waals surface area (Å²) in [6, 6.07) is 6.72. The van der Waals surface area contributed by atoms with E-state index in [4.69, 9.17) is 11.6 Å². The third-order valence-electron chi connectivity index (χ3n) is 5.18. The Balaban J connectivity index is 1.86. The average molecular weight is 463 g/mol. The van der Waals surface area contributed by atoms with Gasteiger partial charge in [0.2, 0.25) is 11.8 Å². The van der Waals surface area contributed by atoms with Gasteiger partial charge in [-0.25, -0.2) is 0 Å². The van der Waals surface area contributed by atoms with Crippen molar-refractivity contribution in [1.82, 2.24) is 19.1 Å². The molecule has 3 aromatic rings. The number of aromatic hydroxyl groups is 2. The molecule has 4 heterocycles. The fourth-order valence-corrected chi connectivity index (χ4v) is 5.94. The predicted octanol–water partition coefficient (Wildman–Crippen LogP) is 2.26. The van der Waals surface area contributed by atoms with Crippen molar-refractivity contribution in [3.63, 3.8) is 0 Å². The lowest BCUT2D eigenvalue weighted by atomic mass is 9.86. The first-order valence-electron chi connectivity index (χ1n) is 9.14. The molecule has 2 aliphatic rings. The van der Waals surface area contributed by atoms with Gasteiger partial charge in [-0.05, 0) is 11.6 Å². The lowest BCUT2D eigenvalue weighted by Gasteiger charge is -2.21. The van der Waals surface area contributed by atoms with Crippen molar-refractivity contribution < 1.29 is 10.2 Å². The van der Waals surface area contributed by atoms with E-state index in [2.05, 4.69) is 9.97 Å². The number of aromatic nitrogens is 4. The summed E-state index contributed by atoms with van der Waals surface area (Å²) in [4.78, 5) is 35.0. The zero-order valence-corrected chi connectivity index (χ0v) is 17.8. The molecule has 5 rings (SSSR count). The second-order valence-electron chi connectivity index (χ2n) is 6.83. The van der Waals surface area contributed by atoms with Crippen LogP contribution in [0, 0.1) is 0 Å². The normalized spacial score (nSPS) is 14.9. The van der Waals surface area contributed by atoms with Crippen LogP contribution in [-0.4, -0.2) is 40.8 Å². The van der Waals surface area contributed by atoms with Crippen molar-refractivity contribution in [3.05, 3.63) is 66.7 Å². The van der Waals surface area contributed by atoms with Crippen LogP contribution in [0.4, 0.5) is 0 Å². The molecule has 0 atom stereocenters. The quantitative estimate of drug-likeness (QED) is 0.570. The Labute approximate surface area is 183 Å². The zero-order chi connectivity index (χ0) is 21.0. The van der Waals surface area contributed by atoms with E-state index < -0.39 is 28.8 Å². The van der Waals surface area contributed by atoms with Gasteiger partial charge in [-0.15, -0.1) is 0 Å². The molecule has 2 N–H and O–H groups in total. The number of halogens is 1. The van der Waals surface area contributed by atoms with Crippen molar-refractivity contribution in [2.45, 2.75) is 29.3 Å². The molecule has 2 aromatic heterocycles. The van der Waals surface area contributed by atoms with E-state index in [0.29, 0.717) is 45.5 Å². The predicted molar refractivity (Wildman–Crippen MR) is 114 cm³/mol. The number of nitrogens with zero attached hydrogens (tertiary/aromatic N) is 4. The summed E-state index contributed by atoms with van der Waals surface area (Å²) in [7, 11) is 0. The summed E-state index contributed by atoms with van der Waals surface area (Å²) in [5.41, 5.74) is -0.735. The highest BCUT2D eigenvalue weighted by atomic mass is 35.5. The Morgan fingerprint density at radius 2 is 1.40 bits per heavy atom. The second kappa shape index (κ2) is 7.36. The Hall–Kier alpha value is -2.43. The van der Waals surface area contributed by atoms with Crippen LogP contribution in [-0.2, 0) is 13.1 Å². The number of fused-ring (bicyclic) bond motifs is 2. The number of rotatable bonds is 3. The third-order valence-corrected chi connectivity index (χ3v) is 7.44. The van der Waals surface area contributed by atoms with Gasteiger partial charge in [0.15, 0.2) is 10.3 Å². The molecule has 0 spiro atoms. The fraction of sp³-hybridized carbons (Fsp3) is 0.263. The van der Waals surface area contributed by atoms with Crippen LogP contribution in [0.5, 0.6) is 11.8 Å². The van der Waals surface area contributed by atoms with Crippen LogP contribution >= 0.6 is 35.1 Å². The molecule has 2 aliphatic heterocycles. The first kappa shape index (κ1) is 19.5. The van der Waals surface area contributed by atoms with Gasteiger partial charge in [0.1, 0.15) is 0 Å². The van der Waals surface area contributed by atoms with Crippen molar-refractivity contribution in [2.75, 3.05) is 11.5 Å². The van der Waals surface area contributed by atoms with Crippen molar-refractivity contribution in [3.8, 4) is 11.8 Å². The van der Waals surface area contributed by atoms with Gasteiger partial charge in [-0.3, -0.25) is 18.7 Å². The van der Waals surface area contributed by atoms with Gasteiger partial charge in [-0.1, -0.05) is 53.3 Å². The van der Waals surface area contributed by atoms with Crippen molar-refractivity contribution in [1.29, 1.82) is 0 Å². The molecule has 0 radical (unpaired) electrons. The van der Waals surface area contributed by atoms with Gasteiger partial charge >= 0.3 is 0 Å². The molecule has 8 nitrogen and oxygen atoms in total. The van der Waals surface area contributed by atoms with Gasteiger partial charge in [-0.2, -0.15) is 9.97 Å². The first-order chi connectivity index (χ1) is 14.5. The molecule has 30 heavy (non-hydrogen) atoms. The standard InChI is InChI=1S/C19H15ClN4O4S2/c20-10-4-2-1-3-9(10)11(12-14(25)21-18-23(16(12)27)5-7-29-18)13-15(26)22-19-24(17(13)28)6-8-30-19/h1-4,11,25-26H,5-8H2. The highest BCUT2D eigenvalue weighted by molar-refractivity contribution is 7.99. The minimum atomic E-state index is -1.12. The molecule has 0 saturated carbocycles. The van der Waals surface area contributed by atoms with Crippen molar-refractivity contribution in [2.24, 2.45) is 0 Å². The van der Waals surface area contributed by atoms with E-state index >= 15 is 0 Å². The molecule has 11 heteroatoms. The summed E-state index contributed by atoms with van der Waals surface area (Å²) in [5.74, 6) is -0.764. The van der Waals surface area contributed by atoms with Gasteiger partial charge < -0.3 is 10.2 Å². The Morgan fingerprint density at radius 3 is 1.90 bits per heavy atom. The van der Waals surface area contributed by atoms with Gasteiger partial charge in [0.05, 0.1) is 17.0 Å². The maximum Gasteiger partial charge on any atom is 0.262 e. The molecule has 0 saturated heterocycles. The van der Waals surface area contributed by atoms with E-state index in [1.807, 2.05) is 0 Å². The molecular weight excluding hydrogens is 448 g/mol. The maximum absolute atomic E-state index is 13.3. The van der Waals surface area contributed by atoms with Crippen LogP contribution in [0.3, 0.4) is 0 Å². The zero-order valence-electron chi connectivity index (χ0n) is 15.4. The Kier molecular flexibility index (Phi) is 4.79. The highest BCUT2D eigenvalue weighted by Gasteiger charge is 2.35. The summed E-state index contributed by atoms with van der Waals surface area (Å²) < 4.78 is 2.93. The van der Waals surface area contributed by atoms with E-state index in [9.17, 15) is 19.8 Å². The number of hydrogen-bond acceptors (Lipinski definition) is 8. The molecule has 0 bridgehead atoms. The summed E-state index contributed by atoms with van der Waals surface area (Å²) in [6.07, 6.45) is 0. The lowest BCUT2D eigenvalue weighted by molar-refractivity contribution is 0.414. The Morgan fingerprint density at radius 1 is 0.900 bits per heavy atom. The van der Waals surface area contributed by atoms with E-state index in [1.54, 1.807) is 24.3 Å². The van der Waals surface area contributed by atoms with Crippen LogP contribution < -0.4 is 11.1 Å². The number of thioether (sulfide) groups is 2. The Bertz CT molecular complexity index is 1230. The second-order valence-corrected chi connectivity index (χ2v) is 9.36. The highest BCUT2D eigenvalue weighted by Crippen LogP contribution is 2.40. The third kappa shape index (κ3) is 2.93. The molecular formula is C19H15ClN4O4S2. The average Bonchev–Trinajstić information content (AvgIpc) is 3.36. The maximum atomic E-state index is 13.3.